The zero-order valence-corrected chi connectivity index (χ0v) is 12.9. The van der Waals surface area contributed by atoms with Gasteiger partial charge in [-0.25, -0.2) is 4.39 Å². The van der Waals surface area contributed by atoms with Crippen LogP contribution in [-0.4, -0.2) is 6.54 Å². The van der Waals surface area contributed by atoms with Gasteiger partial charge in [0.05, 0.1) is 6.04 Å². The molecule has 0 radical (unpaired) electrons. The third kappa shape index (κ3) is 3.32. The molecular weight excluding hydrogens is 296 g/mol. The van der Waals surface area contributed by atoms with Gasteiger partial charge in [-0.2, -0.15) is 0 Å². The Balaban J connectivity index is 2.53. The molecule has 0 aliphatic carbocycles. The maximum Gasteiger partial charge on any atom is 0.128 e. The Bertz CT molecular complexity index is 613. The van der Waals surface area contributed by atoms with Gasteiger partial charge in [-0.05, 0) is 37.2 Å². The van der Waals surface area contributed by atoms with Gasteiger partial charge < -0.3 is 5.32 Å². The molecule has 0 aliphatic rings. The van der Waals surface area contributed by atoms with Crippen LogP contribution in [0.5, 0.6) is 0 Å². The normalized spacial score (nSPS) is 12.4. The summed E-state index contributed by atoms with van der Waals surface area (Å²) in [5, 5.41) is 4.38. The number of halogens is 3. The molecule has 1 N–H and O–H groups in total. The van der Waals surface area contributed by atoms with E-state index in [0.717, 1.165) is 11.1 Å². The highest BCUT2D eigenvalue weighted by Crippen LogP contribution is 2.32. The molecule has 0 spiro atoms. The summed E-state index contributed by atoms with van der Waals surface area (Å²) in [6, 6.07) is 10.1. The molecule has 0 fully saturated rings. The maximum atomic E-state index is 14.1. The second-order valence-electron chi connectivity index (χ2n) is 4.68. The summed E-state index contributed by atoms with van der Waals surface area (Å²) in [7, 11) is 0. The molecule has 4 heteroatoms. The number of rotatable bonds is 4. The van der Waals surface area contributed by atoms with Crippen LogP contribution in [-0.2, 0) is 0 Å². The fraction of sp³-hybridized carbons (Fsp3) is 0.250. The number of nitrogens with one attached hydrogen (secondary N) is 1. The molecule has 2 aromatic carbocycles. The second kappa shape index (κ2) is 6.57. The molecule has 1 atom stereocenters. The van der Waals surface area contributed by atoms with Gasteiger partial charge in [-0.3, -0.25) is 0 Å². The van der Waals surface area contributed by atoms with Crippen LogP contribution in [0.1, 0.15) is 29.7 Å². The van der Waals surface area contributed by atoms with Gasteiger partial charge >= 0.3 is 0 Å². The molecule has 1 nitrogen and oxygen atoms in total. The van der Waals surface area contributed by atoms with Crippen LogP contribution in [0.4, 0.5) is 4.39 Å². The van der Waals surface area contributed by atoms with E-state index in [1.807, 2.05) is 26.0 Å². The van der Waals surface area contributed by atoms with E-state index in [9.17, 15) is 4.39 Å². The fourth-order valence-electron chi connectivity index (χ4n) is 2.21. The Morgan fingerprint density at radius 2 is 1.85 bits per heavy atom. The van der Waals surface area contributed by atoms with Crippen LogP contribution >= 0.6 is 23.2 Å². The van der Waals surface area contributed by atoms with Crippen molar-refractivity contribution in [2.75, 3.05) is 6.54 Å². The lowest BCUT2D eigenvalue weighted by Gasteiger charge is -2.21. The summed E-state index contributed by atoms with van der Waals surface area (Å²) >= 11 is 12.2. The van der Waals surface area contributed by atoms with Gasteiger partial charge in [0.25, 0.3) is 0 Å². The van der Waals surface area contributed by atoms with Crippen LogP contribution in [0.25, 0.3) is 0 Å². The molecule has 0 aliphatic heterocycles. The average molecular weight is 312 g/mol. The minimum absolute atomic E-state index is 0.243. The van der Waals surface area contributed by atoms with Crippen LogP contribution in [0.3, 0.4) is 0 Å². The SMILES string of the molecule is CCNC(c1cc(C)ccc1F)c1ccc(Cl)cc1Cl. The first-order valence-corrected chi connectivity index (χ1v) is 7.23. The number of hydrogen-bond acceptors (Lipinski definition) is 1. The molecule has 2 rings (SSSR count). The molecule has 20 heavy (non-hydrogen) atoms. The van der Waals surface area contributed by atoms with E-state index in [0.29, 0.717) is 22.2 Å². The predicted molar refractivity (Wildman–Crippen MR) is 83.1 cm³/mol. The Labute approximate surface area is 128 Å². The van der Waals surface area contributed by atoms with Gasteiger partial charge in [-0.15, -0.1) is 0 Å². The molecule has 0 amide bonds. The standard InChI is InChI=1S/C16H16Cl2FN/c1-3-20-16(12-6-5-11(17)9-14(12)18)13-8-10(2)4-7-15(13)19/h4-9,16,20H,3H2,1-2H3. The molecular formula is C16H16Cl2FN. The summed E-state index contributed by atoms with van der Waals surface area (Å²) in [6.45, 7) is 4.62. The maximum absolute atomic E-state index is 14.1. The van der Waals surface area contributed by atoms with Gasteiger partial charge in [0, 0.05) is 15.6 Å². The topological polar surface area (TPSA) is 12.0 Å². The fourth-order valence-corrected chi connectivity index (χ4v) is 2.73. The quantitative estimate of drug-likeness (QED) is 0.824. The average Bonchev–Trinajstić information content (AvgIpc) is 2.40. The minimum atomic E-state index is -0.287. The van der Waals surface area contributed by atoms with Crippen LogP contribution in [0.2, 0.25) is 10.0 Å². The first kappa shape index (κ1) is 15.3. The van der Waals surface area contributed by atoms with Gasteiger partial charge in [0.15, 0.2) is 0 Å². The van der Waals surface area contributed by atoms with Crippen molar-refractivity contribution in [1.29, 1.82) is 0 Å². The summed E-state index contributed by atoms with van der Waals surface area (Å²) in [4.78, 5) is 0. The first-order valence-electron chi connectivity index (χ1n) is 6.47. The van der Waals surface area contributed by atoms with E-state index in [2.05, 4.69) is 5.32 Å². The van der Waals surface area contributed by atoms with Gasteiger partial charge in [0.2, 0.25) is 0 Å². The van der Waals surface area contributed by atoms with Crippen molar-refractivity contribution in [2.45, 2.75) is 19.9 Å². The highest BCUT2D eigenvalue weighted by atomic mass is 35.5. The third-order valence-electron chi connectivity index (χ3n) is 3.14. The lowest BCUT2D eigenvalue weighted by Crippen LogP contribution is -2.23. The largest absolute Gasteiger partial charge is 0.306 e. The van der Waals surface area contributed by atoms with E-state index >= 15 is 0 Å². The second-order valence-corrected chi connectivity index (χ2v) is 5.53. The molecule has 1 unspecified atom stereocenters. The molecule has 106 valence electrons. The Morgan fingerprint density at radius 3 is 2.50 bits per heavy atom. The zero-order chi connectivity index (χ0) is 14.7. The molecule has 0 bridgehead atoms. The summed E-state index contributed by atoms with van der Waals surface area (Å²) in [5.74, 6) is -0.243. The Hall–Kier alpha value is -1.09. The lowest BCUT2D eigenvalue weighted by molar-refractivity contribution is 0.558. The van der Waals surface area contributed by atoms with Crippen molar-refractivity contribution in [3.63, 3.8) is 0 Å². The summed E-state index contributed by atoms with van der Waals surface area (Å²) in [6.07, 6.45) is 0. The van der Waals surface area contributed by atoms with Crippen LogP contribution in [0, 0.1) is 12.7 Å². The van der Waals surface area contributed by atoms with Crippen molar-refractivity contribution in [1.82, 2.24) is 5.32 Å². The monoisotopic (exact) mass is 311 g/mol. The Morgan fingerprint density at radius 1 is 1.10 bits per heavy atom. The molecule has 2 aromatic rings. The van der Waals surface area contributed by atoms with E-state index in [4.69, 9.17) is 23.2 Å². The molecule has 0 aromatic heterocycles. The first-order chi connectivity index (χ1) is 9.52. The molecule has 0 saturated heterocycles. The lowest BCUT2D eigenvalue weighted by atomic mass is 9.96. The predicted octanol–water partition coefficient (Wildman–Crippen LogP) is 5.14. The summed E-state index contributed by atoms with van der Waals surface area (Å²) in [5.41, 5.74) is 2.42. The highest BCUT2D eigenvalue weighted by Gasteiger charge is 2.19. The van der Waals surface area contributed by atoms with Gasteiger partial charge in [0.1, 0.15) is 5.82 Å². The smallest absolute Gasteiger partial charge is 0.128 e. The number of benzene rings is 2. The number of aryl methyl sites for hydroxylation is 1. The summed E-state index contributed by atoms with van der Waals surface area (Å²) < 4.78 is 14.1. The van der Waals surface area contributed by atoms with E-state index in [-0.39, 0.29) is 11.9 Å². The van der Waals surface area contributed by atoms with E-state index in [1.54, 1.807) is 18.2 Å². The molecule has 0 saturated carbocycles. The van der Waals surface area contributed by atoms with Crippen LogP contribution in [0.15, 0.2) is 36.4 Å². The van der Waals surface area contributed by atoms with E-state index in [1.165, 1.54) is 6.07 Å². The third-order valence-corrected chi connectivity index (χ3v) is 3.71. The van der Waals surface area contributed by atoms with Crippen molar-refractivity contribution in [3.05, 3.63) is 69.0 Å². The van der Waals surface area contributed by atoms with Crippen molar-refractivity contribution in [2.24, 2.45) is 0 Å². The minimum Gasteiger partial charge on any atom is -0.306 e. The Kier molecular flexibility index (Phi) is 5.03. The van der Waals surface area contributed by atoms with Crippen molar-refractivity contribution < 1.29 is 4.39 Å². The van der Waals surface area contributed by atoms with Crippen molar-refractivity contribution >= 4 is 23.2 Å². The molecule has 0 heterocycles. The highest BCUT2D eigenvalue weighted by molar-refractivity contribution is 6.35. The van der Waals surface area contributed by atoms with Crippen LogP contribution < -0.4 is 5.32 Å². The zero-order valence-electron chi connectivity index (χ0n) is 11.4. The van der Waals surface area contributed by atoms with Crippen molar-refractivity contribution in [3.8, 4) is 0 Å². The van der Waals surface area contributed by atoms with Gasteiger partial charge in [-0.1, -0.05) is 53.9 Å². The van der Waals surface area contributed by atoms with E-state index < -0.39 is 0 Å². The number of hydrogen-bond donors (Lipinski definition) is 1.